The molecule has 0 aliphatic carbocycles. The Kier molecular flexibility index (Phi) is 4.39. The average molecular weight is 260 g/mol. The number of hydrogen-bond donors (Lipinski definition) is 2. The van der Waals surface area contributed by atoms with Gasteiger partial charge in [0, 0.05) is 31.0 Å². The Hall–Kier alpha value is -2.04. The van der Waals surface area contributed by atoms with Gasteiger partial charge in [-0.05, 0) is 25.0 Å². The van der Waals surface area contributed by atoms with Gasteiger partial charge in [-0.1, -0.05) is 13.3 Å². The van der Waals surface area contributed by atoms with Crippen LogP contribution >= 0.6 is 0 Å². The van der Waals surface area contributed by atoms with Crippen molar-refractivity contribution in [2.24, 2.45) is 0 Å². The van der Waals surface area contributed by atoms with Crippen molar-refractivity contribution in [1.29, 1.82) is 0 Å². The zero-order valence-electron chi connectivity index (χ0n) is 11.2. The highest BCUT2D eigenvalue weighted by molar-refractivity contribution is 5.76. The average Bonchev–Trinajstić information content (AvgIpc) is 2.78. The van der Waals surface area contributed by atoms with Crippen molar-refractivity contribution in [2.75, 3.05) is 12.3 Å². The van der Waals surface area contributed by atoms with Crippen molar-refractivity contribution in [3.63, 3.8) is 0 Å². The topological polar surface area (TPSA) is 72.4 Å². The molecule has 19 heavy (non-hydrogen) atoms. The van der Waals surface area contributed by atoms with Crippen LogP contribution in [0, 0.1) is 0 Å². The summed E-state index contributed by atoms with van der Waals surface area (Å²) in [6.07, 6.45) is 6.99. The molecule has 3 N–H and O–H groups in total. The lowest BCUT2D eigenvalue weighted by Crippen LogP contribution is -2.24. The van der Waals surface area contributed by atoms with Gasteiger partial charge in [-0.25, -0.2) is 4.98 Å². The summed E-state index contributed by atoms with van der Waals surface area (Å²) in [5.41, 5.74) is 8.18. The molecule has 2 heterocycles. The van der Waals surface area contributed by atoms with Crippen LogP contribution < -0.4 is 11.1 Å². The van der Waals surface area contributed by atoms with Crippen LogP contribution in [0.15, 0.2) is 24.5 Å². The summed E-state index contributed by atoms with van der Waals surface area (Å²) in [5, 5.41) is 2.90. The number of amides is 1. The number of imidazole rings is 1. The number of rotatable bonds is 6. The van der Waals surface area contributed by atoms with E-state index in [1.165, 1.54) is 0 Å². The molecule has 0 unspecified atom stereocenters. The van der Waals surface area contributed by atoms with Gasteiger partial charge in [-0.3, -0.25) is 4.79 Å². The van der Waals surface area contributed by atoms with Crippen LogP contribution in [0.2, 0.25) is 0 Å². The molecule has 0 aromatic carbocycles. The van der Waals surface area contributed by atoms with Crippen molar-refractivity contribution in [3.05, 3.63) is 30.2 Å². The Bertz CT molecular complexity index is 562. The Morgan fingerprint density at radius 2 is 2.26 bits per heavy atom. The normalized spacial score (nSPS) is 10.8. The molecule has 0 saturated heterocycles. The smallest absolute Gasteiger partial charge is 0.220 e. The molecule has 2 aromatic rings. The van der Waals surface area contributed by atoms with E-state index in [4.69, 9.17) is 5.73 Å². The number of nitrogens with zero attached hydrogens (tertiary/aromatic N) is 2. The second kappa shape index (κ2) is 6.22. The van der Waals surface area contributed by atoms with Gasteiger partial charge in [0.1, 0.15) is 5.65 Å². The zero-order chi connectivity index (χ0) is 13.7. The molecule has 2 aromatic heterocycles. The fraction of sp³-hybridized carbons (Fsp3) is 0.429. The van der Waals surface area contributed by atoms with Gasteiger partial charge < -0.3 is 15.5 Å². The first-order chi connectivity index (χ1) is 9.19. The molecule has 5 heteroatoms. The molecule has 2 rings (SSSR count). The second-order valence-corrected chi connectivity index (χ2v) is 4.66. The first kappa shape index (κ1) is 13.4. The molecular weight excluding hydrogens is 240 g/mol. The van der Waals surface area contributed by atoms with E-state index in [0.29, 0.717) is 18.5 Å². The third kappa shape index (κ3) is 3.71. The molecule has 1 amide bonds. The Balaban J connectivity index is 1.89. The highest BCUT2D eigenvalue weighted by Crippen LogP contribution is 2.10. The number of pyridine rings is 1. The number of fused-ring (bicyclic) bond motifs is 1. The summed E-state index contributed by atoms with van der Waals surface area (Å²) >= 11 is 0. The van der Waals surface area contributed by atoms with Crippen LogP contribution in [0.1, 0.15) is 31.9 Å². The molecule has 5 nitrogen and oxygen atoms in total. The standard InChI is InChI=1S/C14H20N4O/c1-2-3-8-16-14(19)7-5-12-10-18-9-11(15)4-6-13(18)17-12/h4,6,9-10H,2-3,5,7-8,15H2,1H3,(H,16,19). The largest absolute Gasteiger partial charge is 0.398 e. The monoisotopic (exact) mass is 260 g/mol. The van der Waals surface area contributed by atoms with Crippen molar-refractivity contribution in [2.45, 2.75) is 32.6 Å². The minimum Gasteiger partial charge on any atom is -0.398 e. The number of aromatic nitrogens is 2. The fourth-order valence-electron chi connectivity index (χ4n) is 1.92. The maximum Gasteiger partial charge on any atom is 0.220 e. The van der Waals surface area contributed by atoms with Crippen LogP contribution in [0.4, 0.5) is 5.69 Å². The van der Waals surface area contributed by atoms with E-state index in [-0.39, 0.29) is 5.91 Å². The predicted molar refractivity (Wildman–Crippen MR) is 75.8 cm³/mol. The van der Waals surface area contributed by atoms with E-state index in [2.05, 4.69) is 17.2 Å². The quantitative estimate of drug-likeness (QED) is 0.777. The van der Waals surface area contributed by atoms with Gasteiger partial charge in [-0.15, -0.1) is 0 Å². The number of hydrogen-bond acceptors (Lipinski definition) is 3. The number of nitrogens with one attached hydrogen (secondary N) is 1. The van der Waals surface area contributed by atoms with Crippen LogP contribution in [-0.4, -0.2) is 21.8 Å². The Labute approximate surface area is 112 Å². The van der Waals surface area contributed by atoms with Crippen LogP contribution in [0.25, 0.3) is 5.65 Å². The van der Waals surface area contributed by atoms with Crippen molar-refractivity contribution in [1.82, 2.24) is 14.7 Å². The van der Waals surface area contributed by atoms with Crippen molar-refractivity contribution in [3.8, 4) is 0 Å². The lowest BCUT2D eigenvalue weighted by Gasteiger charge is -2.02. The first-order valence-electron chi connectivity index (χ1n) is 6.69. The molecule has 0 saturated carbocycles. The predicted octanol–water partition coefficient (Wildman–Crippen LogP) is 1.77. The molecule has 0 aliphatic rings. The fourth-order valence-corrected chi connectivity index (χ4v) is 1.92. The highest BCUT2D eigenvalue weighted by atomic mass is 16.1. The third-order valence-electron chi connectivity index (χ3n) is 2.98. The van der Waals surface area contributed by atoms with Crippen LogP contribution in [-0.2, 0) is 11.2 Å². The van der Waals surface area contributed by atoms with Crippen LogP contribution in [0.5, 0.6) is 0 Å². The lowest BCUT2D eigenvalue weighted by molar-refractivity contribution is -0.121. The first-order valence-corrected chi connectivity index (χ1v) is 6.69. The van der Waals surface area contributed by atoms with Gasteiger partial charge in [0.05, 0.1) is 5.69 Å². The van der Waals surface area contributed by atoms with E-state index < -0.39 is 0 Å². The highest BCUT2D eigenvalue weighted by Gasteiger charge is 2.05. The number of aryl methyl sites for hydroxylation is 1. The third-order valence-corrected chi connectivity index (χ3v) is 2.98. The number of carbonyl (C=O) groups excluding carboxylic acids is 1. The summed E-state index contributed by atoms with van der Waals surface area (Å²) in [5.74, 6) is 0.0880. The number of nitrogens with two attached hydrogens (primary N) is 1. The Morgan fingerprint density at radius 3 is 3.05 bits per heavy atom. The van der Waals surface area contributed by atoms with Gasteiger partial charge in [-0.2, -0.15) is 0 Å². The maximum absolute atomic E-state index is 11.6. The summed E-state index contributed by atoms with van der Waals surface area (Å²) in [7, 11) is 0. The maximum atomic E-state index is 11.6. The summed E-state index contributed by atoms with van der Waals surface area (Å²) in [6, 6.07) is 3.70. The summed E-state index contributed by atoms with van der Waals surface area (Å²) < 4.78 is 1.89. The summed E-state index contributed by atoms with van der Waals surface area (Å²) in [6.45, 7) is 2.87. The minimum atomic E-state index is 0.0880. The van der Waals surface area contributed by atoms with E-state index in [1.807, 2.05) is 28.9 Å². The molecular formula is C14H20N4O. The molecule has 0 spiro atoms. The van der Waals surface area contributed by atoms with E-state index in [1.54, 1.807) is 0 Å². The SMILES string of the molecule is CCCCNC(=O)CCc1cn2cc(N)ccc2n1. The van der Waals surface area contributed by atoms with Gasteiger partial charge in [0.15, 0.2) is 0 Å². The lowest BCUT2D eigenvalue weighted by atomic mass is 10.2. The minimum absolute atomic E-state index is 0.0880. The van der Waals surface area contributed by atoms with E-state index >= 15 is 0 Å². The van der Waals surface area contributed by atoms with Gasteiger partial charge >= 0.3 is 0 Å². The molecule has 0 bridgehead atoms. The van der Waals surface area contributed by atoms with Gasteiger partial charge in [0.25, 0.3) is 0 Å². The molecule has 0 fully saturated rings. The van der Waals surface area contributed by atoms with E-state index in [0.717, 1.165) is 30.7 Å². The van der Waals surface area contributed by atoms with Crippen LogP contribution in [0.3, 0.4) is 0 Å². The van der Waals surface area contributed by atoms with Crippen molar-refractivity contribution < 1.29 is 4.79 Å². The number of nitrogen functional groups attached to an aromatic ring is 1. The Morgan fingerprint density at radius 1 is 1.42 bits per heavy atom. The second-order valence-electron chi connectivity index (χ2n) is 4.66. The molecule has 0 radical (unpaired) electrons. The number of unbranched alkanes of at least 4 members (excludes halogenated alkanes) is 1. The molecule has 0 aliphatic heterocycles. The van der Waals surface area contributed by atoms with Crippen molar-refractivity contribution >= 4 is 17.2 Å². The molecule has 0 atom stereocenters. The van der Waals surface area contributed by atoms with Gasteiger partial charge in [0.2, 0.25) is 5.91 Å². The summed E-state index contributed by atoms with van der Waals surface area (Å²) in [4.78, 5) is 16.0. The van der Waals surface area contributed by atoms with E-state index in [9.17, 15) is 4.79 Å². The number of carbonyl (C=O) groups is 1. The number of anilines is 1. The zero-order valence-corrected chi connectivity index (χ0v) is 11.2. The molecule has 102 valence electrons.